The van der Waals surface area contributed by atoms with E-state index in [1.165, 1.54) is 0 Å². The second-order valence-corrected chi connectivity index (χ2v) is 7.04. The van der Waals surface area contributed by atoms with Gasteiger partial charge in [0.05, 0.1) is 26.7 Å². The van der Waals surface area contributed by atoms with E-state index in [-0.39, 0.29) is 37.0 Å². The first kappa shape index (κ1) is 20.1. The second kappa shape index (κ2) is 8.56. The van der Waals surface area contributed by atoms with Gasteiger partial charge in [-0.25, -0.2) is 0 Å². The highest BCUT2D eigenvalue weighted by molar-refractivity contribution is 5.72. The lowest BCUT2D eigenvalue weighted by atomic mass is 9.82. The monoisotopic (exact) mass is 385 g/mol. The molecule has 1 aromatic carbocycles. The largest absolute Gasteiger partial charge is 0.499 e. The van der Waals surface area contributed by atoms with Gasteiger partial charge in [0.2, 0.25) is 0 Å². The fraction of sp³-hybridized carbons (Fsp3) is 0.476. The first-order chi connectivity index (χ1) is 13.5. The smallest absolute Gasteiger partial charge is 0.306 e. The molecule has 0 amide bonds. The molecule has 0 radical (unpaired) electrons. The van der Waals surface area contributed by atoms with Crippen LogP contribution in [0.15, 0.2) is 52.0 Å². The lowest BCUT2D eigenvalue weighted by Gasteiger charge is -2.29. The average Bonchev–Trinajstić information content (AvgIpc) is 3.07. The Morgan fingerprint density at radius 3 is 2.86 bits per heavy atom. The van der Waals surface area contributed by atoms with Crippen molar-refractivity contribution in [3.63, 3.8) is 0 Å². The Morgan fingerprint density at radius 1 is 1.39 bits per heavy atom. The Morgan fingerprint density at radius 2 is 2.18 bits per heavy atom. The molecule has 0 aromatic heterocycles. The van der Waals surface area contributed by atoms with E-state index in [1.807, 2.05) is 44.3 Å². The van der Waals surface area contributed by atoms with E-state index < -0.39 is 0 Å². The van der Waals surface area contributed by atoms with Crippen LogP contribution < -0.4 is 0 Å². The number of rotatable bonds is 7. The zero-order chi connectivity index (χ0) is 20.3. The van der Waals surface area contributed by atoms with Crippen molar-refractivity contribution in [2.75, 3.05) is 20.8 Å². The molecule has 0 fully saturated rings. The maximum absolute atomic E-state index is 12.3. The van der Waals surface area contributed by atoms with Gasteiger partial charge in [-0.1, -0.05) is 29.5 Å². The summed E-state index contributed by atoms with van der Waals surface area (Å²) in [7, 11) is 3.50. The van der Waals surface area contributed by atoms with Crippen LogP contribution >= 0.6 is 0 Å². The average molecular weight is 385 g/mol. The van der Waals surface area contributed by atoms with Crippen molar-refractivity contribution in [1.29, 1.82) is 0 Å². The maximum Gasteiger partial charge on any atom is 0.306 e. The normalized spacial score (nSPS) is 21.7. The summed E-state index contributed by atoms with van der Waals surface area (Å²) in [5.41, 5.74) is 3.74. The molecule has 3 atom stereocenters. The van der Waals surface area contributed by atoms with Crippen molar-refractivity contribution in [2.24, 2.45) is 10.3 Å². The van der Waals surface area contributed by atoms with Crippen molar-refractivity contribution in [1.82, 2.24) is 5.01 Å². The highest BCUT2D eigenvalue weighted by Gasteiger charge is 2.37. The van der Waals surface area contributed by atoms with E-state index >= 15 is 0 Å². The topological polar surface area (TPSA) is 83.7 Å². The maximum atomic E-state index is 12.3. The molecule has 1 N–H and O–H groups in total. The number of nitrogens with zero attached hydrogens (tertiary/aromatic N) is 3. The summed E-state index contributed by atoms with van der Waals surface area (Å²) in [5, 5.41) is 19.9. The molecule has 150 valence electrons. The van der Waals surface area contributed by atoms with Gasteiger partial charge in [0.15, 0.2) is 0 Å². The second-order valence-electron chi connectivity index (χ2n) is 7.04. The van der Waals surface area contributed by atoms with Crippen molar-refractivity contribution in [3.8, 4) is 0 Å². The highest BCUT2D eigenvalue weighted by atomic mass is 16.5. The molecular formula is C21H27N3O4. The van der Waals surface area contributed by atoms with Gasteiger partial charge in [-0.2, -0.15) is 5.11 Å². The molecule has 0 bridgehead atoms. The number of aryl methyl sites for hydroxylation is 1. The van der Waals surface area contributed by atoms with E-state index in [0.29, 0.717) is 6.61 Å². The zero-order valence-electron chi connectivity index (χ0n) is 16.8. The number of ether oxygens (including phenoxy) is 2. The van der Waals surface area contributed by atoms with Gasteiger partial charge in [-0.3, -0.25) is 9.80 Å². The Bertz CT molecular complexity index is 831. The Hall–Kier alpha value is -2.67. The van der Waals surface area contributed by atoms with Gasteiger partial charge in [0.1, 0.15) is 17.8 Å². The quantitative estimate of drug-likeness (QED) is 0.730. The Labute approximate surface area is 165 Å². The molecule has 1 aliphatic carbocycles. The van der Waals surface area contributed by atoms with E-state index in [2.05, 4.69) is 10.3 Å². The number of benzene rings is 1. The van der Waals surface area contributed by atoms with Crippen molar-refractivity contribution >= 4 is 5.97 Å². The van der Waals surface area contributed by atoms with E-state index in [0.717, 1.165) is 28.0 Å². The molecule has 1 heterocycles. The summed E-state index contributed by atoms with van der Waals surface area (Å²) in [4.78, 5) is 12.3. The number of hydrogen-bond donors (Lipinski definition) is 1. The van der Waals surface area contributed by atoms with E-state index in [9.17, 15) is 9.90 Å². The van der Waals surface area contributed by atoms with E-state index in [4.69, 9.17) is 9.47 Å². The molecule has 7 nitrogen and oxygen atoms in total. The standard InChI is InChI=1S/C21H27N3O4/c1-5-28-20(26)11-17(14-7-6-13(2)16(8-14)12-25)15-9-18-21(19(10-15)27-4)24(3)23-22-18/h6-10,17-18,21,25H,5,11-12H2,1-4H3. The summed E-state index contributed by atoms with van der Waals surface area (Å²) in [6, 6.07) is 5.69. The molecular weight excluding hydrogens is 358 g/mol. The van der Waals surface area contributed by atoms with Crippen LogP contribution in [-0.2, 0) is 20.9 Å². The number of fused-ring (bicyclic) bond motifs is 1. The van der Waals surface area contributed by atoms with E-state index in [1.54, 1.807) is 19.0 Å². The Kier molecular flexibility index (Phi) is 6.14. The fourth-order valence-corrected chi connectivity index (χ4v) is 3.74. The lowest BCUT2D eigenvalue weighted by Crippen LogP contribution is -2.36. The first-order valence-corrected chi connectivity index (χ1v) is 9.45. The zero-order valence-corrected chi connectivity index (χ0v) is 16.8. The molecule has 1 aliphatic heterocycles. The summed E-state index contributed by atoms with van der Waals surface area (Å²) in [6.45, 7) is 4.04. The van der Waals surface area contributed by atoms with Crippen LogP contribution in [0.25, 0.3) is 0 Å². The molecule has 3 rings (SSSR count). The molecule has 28 heavy (non-hydrogen) atoms. The minimum absolute atomic E-state index is 0.0479. The number of carbonyl (C=O) groups is 1. The Balaban J connectivity index is 2.01. The molecule has 3 unspecified atom stereocenters. The van der Waals surface area contributed by atoms with Crippen LogP contribution in [-0.4, -0.2) is 48.9 Å². The number of aliphatic hydroxyl groups excluding tert-OH is 1. The van der Waals surface area contributed by atoms with Crippen molar-refractivity contribution < 1.29 is 19.4 Å². The number of methoxy groups -OCH3 is 1. The van der Waals surface area contributed by atoms with Crippen LogP contribution in [0.1, 0.15) is 36.0 Å². The van der Waals surface area contributed by atoms with Crippen molar-refractivity contribution in [2.45, 2.75) is 44.9 Å². The minimum Gasteiger partial charge on any atom is -0.499 e. The van der Waals surface area contributed by atoms with Gasteiger partial charge in [0.25, 0.3) is 0 Å². The third kappa shape index (κ3) is 3.94. The van der Waals surface area contributed by atoms with Crippen LogP contribution in [0.5, 0.6) is 0 Å². The molecule has 2 aliphatic rings. The first-order valence-electron chi connectivity index (χ1n) is 9.45. The predicted molar refractivity (Wildman–Crippen MR) is 104 cm³/mol. The van der Waals surface area contributed by atoms with Crippen LogP contribution in [0, 0.1) is 6.92 Å². The summed E-state index contributed by atoms with van der Waals surface area (Å²) < 4.78 is 10.8. The molecule has 1 aromatic rings. The minimum atomic E-state index is -0.265. The lowest BCUT2D eigenvalue weighted by molar-refractivity contribution is -0.143. The fourth-order valence-electron chi connectivity index (χ4n) is 3.74. The van der Waals surface area contributed by atoms with Crippen LogP contribution in [0.3, 0.4) is 0 Å². The van der Waals surface area contributed by atoms with Gasteiger partial charge < -0.3 is 14.6 Å². The number of aliphatic hydroxyl groups is 1. The molecule has 7 heteroatoms. The van der Waals surface area contributed by atoms with Gasteiger partial charge >= 0.3 is 5.97 Å². The number of likely N-dealkylation sites (N-methyl/N-ethyl adjacent to an activating group) is 1. The third-order valence-electron chi connectivity index (χ3n) is 5.28. The summed E-state index contributed by atoms with van der Waals surface area (Å²) in [6.07, 6.45) is 4.21. The number of carbonyl (C=O) groups excluding carboxylic acids is 1. The number of esters is 1. The van der Waals surface area contributed by atoms with Gasteiger partial charge in [-0.05, 0) is 42.2 Å². The van der Waals surface area contributed by atoms with Gasteiger partial charge in [0, 0.05) is 13.0 Å². The molecule has 0 saturated heterocycles. The summed E-state index contributed by atoms with van der Waals surface area (Å²) in [5.74, 6) is 0.273. The number of hydrogen-bond acceptors (Lipinski definition) is 7. The van der Waals surface area contributed by atoms with Crippen LogP contribution in [0.2, 0.25) is 0 Å². The molecule has 0 saturated carbocycles. The van der Waals surface area contributed by atoms with Crippen LogP contribution in [0.4, 0.5) is 0 Å². The summed E-state index contributed by atoms with van der Waals surface area (Å²) >= 11 is 0. The number of allylic oxidation sites excluding steroid dienone is 2. The third-order valence-corrected chi connectivity index (χ3v) is 5.28. The van der Waals surface area contributed by atoms with Crippen molar-refractivity contribution in [3.05, 3.63) is 58.4 Å². The predicted octanol–water partition coefficient (Wildman–Crippen LogP) is 3.04. The van der Waals surface area contributed by atoms with Gasteiger partial charge in [-0.15, -0.1) is 0 Å². The molecule has 0 spiro atoms. The highest BCUT2D eigenvalue weighted by Crippen LogP contribution is 2.38. The SMILES string of the molecule is CCOC(=O)CC(C1=CC2N=NN(C)C2C(OC)=C1)c1ccc(C)c(CO)c1.